The van der Waals surface area contributed by atoms with Gasteiger partial charge in [-0.15, -0.1) is 0 Å². The third-order valence-corrected chi connectivity index (χ3v) is 4.31. The molecule has 1 saturated heterocycles. The summed E-state index contributed by atoms with van der Waals surface area (Å²) in [5.41, 5.74) is 3.32. The molecule has 2 rings (SSSR count). The predicted molar refractivity (Wildman–Crippen MR) is 90.7 cm³/mol. The average Bonchev–Trinajstić information content (AvgIpc) is 2.63. The van der Waals surface area contributed by atoms with E-state index in [1.807, 2.05) is 18.2 Å². The van der Waals surface area contributed by atoms with Gasteiger partial charge in [-0.25, -0.2) is 5.84 Å². The van der Waals surface area contributed by atoms with Gasteiger partial charge in [0.05, 0.1) is 13.7 Å². The van der Waals surface area contributed by atoms with Gasteiger partial charge in [-0.3, -0.25) is 15.1 Å². The Balaban J connectivity index is 2.00. The van der Waals surface area contributed by atoms with Gasteiger partial charge >= 0.3 is 0 Å². The van der Waals surface area contributed by atoms with Crippen molar-refractivity contribution in [2.45, 2.75) is 19.4 Å². The molecule has 0 radical (unpaired) electrons. The maximum Gasteiger partial charge on any atom is 0.237 e. The Kier molecular flexibility index (Phi) is 7.30. The lowest BCUT2D eigenvalue weighted by atomic mass is 9.96. The number of carbonyl (C=O) groups excluding carboxylic acids is 1. The normalized spacial score (nSPS) is 16.0. The van der Waals surface area contributed by atoms with Crippen LogP contribution in [0, 0.1) is 5.92 Å². The summed E-state index contributed by atoms with van der Waals surface area (Å²) in [7, 11) is 3.29. The van der Waals surface area contributed by atoms with E-state index in [2.05, 4.69) is 10.3 Å². The molecule has 0 unspecified atom stereocenters. The molecular weight excluding hydrogens is 310 g/mol. The highest BCUT2D eigenvalue weighted by molar-refractivity contribution is 5.78. The first kappa shape index (κ1) is 18.5. The van der Waals surface area contributed by atoms with Crippen LogP contribution in [-0.4, -0.2) is 51.3 Å². The number of hydrogen-bond donors (Lipinski definition) is 2. The number of ether oxygens (including phenoxy) is 3. The first-order valence-electron chi connectivity index (χ1n) is 8.20. The van der Waals surface area contributed by atoms with Crippen molar-refractivity contribution >= 4 is 5.91 Å². The maximum absolute atomic E-state index is 11.6. The lowest BCUT2D eigenvalue weighted by Crippen LogP contribution is -2.42. The largest absolute Gasteiger partial charge is 0.493 e. The lowest BCUT2D eigenvalue weighted by Gasteiger charge is -2.31. The zero-order valence-electron chi connectivity index (χ0n) is 14.4. The Morgan fingerprint density at radius 2 is 2.04 bits per heavy atom. The summed E-state index contributed by atoms with van der Waals surface area (Å²) in [4.78, 5) is 13.9. The number of nitrogens with two attached hydrogens (primary N) is 1. The van der Waals surface area contributed by atoms with E-state index in [-0.39, 0.29) is 11.8 Å². The van der Waals surface area contributed by atoms with Crippen molar-refractivity contribution in [3.05, 3.63) is 23.8 Å². The van der Waals surface area contributed by atoms with Gasteiger partial charge in [-0.05, 0) is 32.0 Å². The highest BCUT2D eigenvalue weighted by Gasteiger charge is 2.25. The number of nitrogens with one attached hydrogen (secondary N) is 1. The number of nitrogens with zero attached hydrogens (tertiary/aromatic N) is 1. The van der Waals surface area contributed by atoms with Crippen molar-refractivity contribution in [2.24, 2.45) is 11.8 Å². The number of hydrogen-bond acceptors (Lipinski definition) is 6. The number of carbonyl (C=O) groups is 1. The van der Waals surface area contributed by atoms with Crippen LogP contribution in [-0.2, 0) is 16.1 Å². The van der Waals surface area contributed by atoms with Crippen molar-refractivity contribution in [3.8, 4) is 11.5 Å². The van der Waals surface area contributed by atoms with Crippen LogP contribution in [0.5, 0.6) is 11.5 Å². The summed E-state index contributed by atoms with van der Waals surface area (Å²) in [5.74, 6) is 6.64. The van der Waals surface area contributed by atoms with Crippen LogP contribution in [0.15, 0.2) is 18.2 Å². The van der Waals surface area contributed by atoms with E-state index in [4.69, 9.17) is 20.1 Å². The van der Waals surface area contributed by atoms with Crippen LogP contribution >= 0.6 is 0 Å². The fraction of sp³-hybridized carbons (Fsp3) is 0.588. The molecule has 1 fully saturated rings. The van der Waals surface area contributed by atoms with Crippen molar-refractivity contribution in [2.75, 3.05) is 40.5 Å². The van der Waals surface area contributed by atoms with Crippen LogP contribution in [0.3, 0.4) is 0 Å². The Morgan fingerprint density at radius 1 is 1.29 bits per heavy atom. The molecule has 0 saturated carbocycles. The maximum atomic E-state index is 11.6. The van der Waals surface area contributed by atoms with Crippen molar-refractivity contribution < 1.29 is 19.0 Å². The Bertz CT molecular complexity index is 531. The highest BCUT2D eigenvalue weighted by atomic mass is 16.5. The van der Waals surface area contributed by atoms with E-state index in [1.54, 1.807) is 14.2 Å². The Labute approximate surface area is 143 Å². The number of piperidine rings is 1. The van der Waals surface area contributed by atoms with Crippen LogP contribution in [0.25, 0.3) is 0 Å². The van der Waals surface area contributed by atoms with E-state index in [9.17, 15) is 4.79 Å². The fourth-order valence-electron chi connectivity index (χ4n) is 2.95. The minimum atomic E-state index is -0.0698. The van der Waals surface area contributed by atoms with Crippen molar-refractivity contribution in [1.82, 2.24) is 10.3 Å². The second kappa shape index (κ2) is 9.46. The monoisotopic (exact) mass is 337 g/mol. The molecule has 7 heteroatoms. The predicted octanol–water partition coefficient (Wildman–Crippen LogP) is 0.922. The van der Waals surface area contributed by atoms with Gasteiger partial charge < -0.3 is 14.2 Å². The fourth-order valence-corrected chi connectivity index (χ4v) is 2.95. The summed E-state index contributed by atoms with van der Waals surface area (Å²) in [6, 6.07) is 5.90. The first-order chi connectivity index (χ1) is 11.7. The van der Waals surface area contributed by atoms with Gasteiger partial charge in [0.1, 0.15) is 6.61 Å². The molecule has 1 aromatic rings. The minimum absolute atomic E-state index is 0.00832. The van der Waals surface area contributed by atoms with E-state index in [0.29, 0.717) is 13.2 Å². The highest BCUT2D eigenvalue weighted by Crippen LogP contribution is 2.32. The zero-order chi connectivity index (χ0) is 17.4. The number of benzene rings is 1. The third-order valence-electron chi connectivity index (χ3n) is 4.31. The van der Waals surface area contributed by atoms with Gasteiger partial charge in [0.25, 0.3) is 0 Å². The van der Waals surface area contributed by atoms with Gasteiger partial charge in [0, 0.05) is 25.1 Å². The quantitative estimate of drug-likeness (QED) is 0.318. The van der Waals surface area contributed by atoms with E-state index in [1.165, 1.54) is 0 Å². The number of para-hydroxylation sites is 1. The van der Waals surface area contributed by atoms with Gasteiger partial charge in [-0.1, -0.05) is 12.1 Å². The number of amides is 1. The molecule has 24 heavy (non-hydrogen) atoms. The molecule has 1 heterocycles. The zero-order valence-corrected chi connectivity index (χ0v) is 14.4. The average molecular weight is 337 g/mol. The molecule has 0 atom stereocenters. The molecular formula is C17H27N3O4. The molecule has 3 N–H and O–H groups in total. The SMILES string of the molecule is COCCOc1c(CN2CCC(C(=O)NN)CC2)cccc1OC. The van der Waals surface area contributed by atoms with Crippen LogP contribution in [0.2, 0.25) is 0 Å². The van der Waals surface area contributed by atoms with Gasteiger partial charge in [-0.2, -0.15) is 0 Å². The van der Waals surface area contributed by atoms with E-state index in [0.717, 1.165) is 49.5 Å². The topological polar surface area (TPSA) is 86.1 Å². The van der Waals surface area contributed by atoms with Crippen LogP contribution in [0.4, 0.5) is 0 Å². The number of likely N-dealkylation sites (tertiary alicyclic amines) is 1. The second-order valence-electron chi connectivity index (χ2n) is 5.85. The molecule has 1 aromatic carbocycles. The number of methoxy groups -OCH3 is 2. The summed E-state index contributed by atoms with van der Waals surface area (Å²) >= 11 is 0. The van der Waals surface area contributed by atoms with Crippen LogP contribution in [0.1, 0.15) is 18.4 Å². The van der Waals surface area contributed by atoms with E-state index < -0.39 is 0 Å². The lowest BCUT2D eigenvalue weighted by molar-refractivity contribution is -0.126. The number of hydrazine groups is 1. The molecule has 1 aliphatic rings. The first-order valence-corrected chi connectivity index (χ1v) is 8.20. The molecule has 0 spiro atoms. The molecule has 0 aromatic heterocycles. The molecule has 0 bridgehead atoms. The number of rotatable bonds is 8. The Morgan fingerprint density at radius 3 is 2.67 bits per heavy atom. The van der Waals surface area contributed by atoms with Gasteiger partial charge in [0.2, 0.25) is 5.91 Å². The molecule has 1 aliphatic heterocycles. The van der Waals surface area contributed by atoms with Crippen molar-refractivity contribution in [1.29, 1.82) is 0 Å². The molecule has 134 valence electrons. The minimum Gasteiger partial charge on any atom is -0.493 e. The summed E-state index contributed by atoms with van der Waals surface area (Å²) < 4.78 is 16.3. The standard InChI is InChI=1S/C17H27N3O4/c1-22-10-11-24-16-14(4-3-5-15(16)23-2)12-20-8-6-13(7-9-20)17(21)19-18/h3-5,13H,6-12,18H2,1-2H3,(H,19,21). The second-order valence-corrected chi connectivity index (χ2v) is 5.85. The Hall–Kier alpha value is -1.83. The molecule has 7 nitrogen and oxygen atoms in total. The van der Waals surface area contributed by atoms with Crippen molar-refractivity contribution in [3.63, 3.8) is 0 Å². The summed E-state index contributed by atoms with van der Waals surface area (Å²) in [6.45, 7) is 3.47. The smallest absolute Gasteiger partial charge is 0.237 e. The van der Waals surface area contributed by atoms with E-state index >= 15 is 0 Å². The summed E-state index contributed by atoms with van der Waals surface area (Å²) in [6.07, 6.45) is 1.62. The van der Waals surface area contributed by atoms with Gasteiger partial charge in [0.15, 0.2) is 11.5 Å². The molecule has 0 aliphatic carbocycles. The molecule has 1 amide bonds. The third kappa shape index (κ3) is 4.83. The van der Waals surface area contributed by atoms with Crippen LogP contribution < -0.4 is 20.7 Å². The summed E-state index contributed by atoms with van der Waals surface area (Å²) in [5, 5.41) is 0.